The van der Waals surface area contributed by atoms with Crippen LogP contribution in [0.3, 0.4) is 0 Å². The Kier molecular flexibility index (Phi) is 5.07. The van der Waals surface area contributed by atoms with Gasteiger partial charge in [-0.25, -0.2) is 4.98 Å². The quantitative estimate of drug-likeness (QED) is 0.841. The second-order valence-corrected chi connectivity index (χ2v) is 5.05. The van der Waals surface area contributed by atoms with Crippen molar-refractivity contribution in [1.82, 2.24) is 9.55 Å². The first-order valence-corrected chi connectivity index (χ1v) is 6.95. The van der Waals surface area contributed by atoms with Gasteiger partial charge < -0.3 is 10.3 Å². The van der Waals surface area contributed by atoms with Crippen molar-refractivity contribution >= 4 is 5.78 Å². The van der Waals surface area contributed by atoms with Crippen LogP contribution in [-0.4, -0.2) is 15.3 Å². The highest BCUT2D eigenvalue weighted by Crippen LogP contribution is 2.16. The van der Waals surface area contributed by atoms with Crippen molar-refractivity contribution in [3.63, 3.8) is 0 Å². The first-order valence-electron chi connectivity index (χ1n) is 6.95. The van der Waals surface area contributed by atoms with E-state index in [0.29, 0.717) is 25.7 Å². The number of hydrogen-bond donors (Lipinski definition) is 1. The van der Waals surface area contributed by atoms with Gasteiger partial charge in [-0.15, -0.1) is 0 Å². The fourth-order valence-corrected chi connectivity index (χ4v) is 2.20. The molecular formula is C16H21N3O. The normalized spacial score (nSPS) is 12.3. The summed E-state index contributed by atoms with van der Waals surface area (Å²) in [6, 6.07) is 9.85. The predicted molar refractivity (Wildman–Crippen MR) is 79.1 cm³/mol. The number of aromatic nitrogens is 2. The van der Waals surface area contributed by atoms with Crippen LogP contribution in [0.2, 0.25) is 0 Å². The number of nitrogens with two attached hydrogens (primary N) is 1. The largest absolute Gasteiger partial charge is 0.338 e. The summed E-state index contributed by atoms with van der Waals surface area (Å²) in [6.45, 7) is 0. The van der Waals surface area contributed by atoms with Gasteiger partial charge in [-0.05, 0) is 12.0 Å². The van der Waals surface area contributed by atoms with E-state index in [-0.39, 0.29) is 11.8 Å². The zero-order valence-corrected chi connectivity index (χ0v) is 11.8. The summed E-state index contributed by atoms with van der Waals surface area (Å²) >= 11 is 0. The van der Waals surface area contributed by atoms with E-state index in [2.05, 4.69) is 4.98 Å². The first kappa shape index (κ1) is 14.5. The first-order chi connectivity index (χ1) is 9.66. The van der Waals surface area contributed by atoms with Gasteiger partial charge in [-0.1, -0.05) is 30.3 Å². The Morgan fingerprint density at radius 1 is 1.30 bits per heavy atom. The third kappa shape index (κ3) is 4.03. The summed E-state index contributed by atoms with van der Waals surface area (Å²) < 4.78 is 1.95. The Balaban J connectivity index is 1.74. The molecular weight excluding hydrogens is 250 g/mol. The molecule has 2 rings (SSSR count). The fraction of sp³-hybridized carbons (Fsp3) is 0.375. The summed E-state index contributed by atoms with van der Waals surface area (Å²) in [4.78, 5) is 16.1. The molecule has 1 aromatic heterocycles. The second kappa shape index (κ2) is 7.01. The zero-order chi connectivity index (χ0) is 14.4. The van der Waals surface area contributed by atoms with Crippen molar-refractivity contribution < 1.29 is 4.79 Å². The molecule has 0 spiro atoms. The molecule has 0 aliphatic rings. The number of aryl methyl sites for hydroxylation is 2. The van der Waals surface area contributed by atoms with Crippen molar-refractivity contribution in [3.05, 3.63) is 54.1 Å². The van der Waals surface area contributed by atoms with Gasteiger partial charge in [0, 0.05) is 44.7 Å². The standard InChI is InChI=1S/C16H21N3O/c1-19-12-11-18-16(19)10-8-14(20)7-9-15(17)13-5-3-2-4-6-13/h2-6,11-12,15H,7-10,17H2,1H3. The monoisotopic (exact) mass is 271 g/mol. The molecule has 0 bridgehead atoms. The summed E-state index contributed by atoms with van der Waals surface area (Å²) in [5, 5.41) is 0. The highest BCUT2D eigenvalue weighted by Gasteiger charge is 2.10. The van der Waals surface area contributed by atoms with E-state index < -0.39 is 0 Å². The average Bonchev–Trinajstić information content (AvgIpc) is 2.89. The lowest BCUT2D eigenvalue weighted by molar-refractivity contribution is -0.119. The van der Waals surface area contributed by atoms with Crippen molar-refractivity contribution in [3.8, 4) is 0 Å². The summed E-state index contributed by atoms with van der Waals surface area (Å²) in [6.07, 6.45) is 6.11. The lowest BCUT2D eigenvalue weighted by Gasteiger charge is -2.11. The molecule has 4 nitrogen and oxygen atoms in total. The number of benzene rings is 1. The van der Waals surface area contributed by atoms with E-state index >= 15 is 0 Å². The van der Waals surface area contributed by atoms with Crippen molar-refractivity contribution in [2.24, 2.45) is 12.8 Å². The number of hydrogen-bond acceptors (Lipinski definition) is 3. The predicted octanol–water partition coefficient (Wildman–Crippen LogP) is 2.40. The number of rotatable bonds is 7. The van der Waals surface area contributed by atoms with Crippen LogP contribution < -0.4 is 5.73 Å². The van der Waals surface area contributed by atoms with Crippen LogP contribution in [0.15, 0.2) is 42.7 Å². The van der Waals surface area contributed by atoms with Gasteiger partial charge in [0.1, 0.15) is 11.6 Å². The number of carbonyl (C=O) groups excluding carboxylic acids is 1. The van der Waals surface area contributed by atoms with Gasteiger partial charge in [0.05, 0.1) is 0 Å². The van der Waals surface area contributed by atoms with E-state index in [1.54, 1.807) is 6.20 Å². The minimum Gasteiger partial charge on any atom is -0.338 e. The number of nitrogens with zero attached hydrogens (tertiary/aromatic N) is 2. The summed E-state index contributed by atoms with van der Waals surface area (Å²) in [7, 11) is 1.94. The van der Waals surface area contributed by atoms with Crippen molar-refractivity contribution in [2.45, 2.75) is 31.7 Å². The topological polar surface area (TPSA) is 60.9 Å². The molecule has 1 heterocycles. The van der Waals surface area contributed by atoms with E-state index in [1.165, 1.54) is 0 Å². The molecule has 0 fully saturated rings. The Morgan fingerprint density at radius 2 is 2.05 bits per heavy atom. The molecule has 2 N–H and O–H groups in total. The maximum absolute atomic E-state index is 11.9. The number of carbonyl (C=O) groups is 1. The van der Waals surface area contributed by atoms with Gasteiger partial charge in [0.15, 0.2) is 0 Å². The summed E-state index contributed by atoms with van der Waals surface area (Å²) in [5.74, 6) is 1.20. The van der Waals surface area contributed by atoms with Gasteiger partial charge in [0.2, 0.25) is 0 Å². The van der Waals surface area contributed by atoms with Crippen LogP contribution in [0.5, 0.6) is 0 Å². The fourth-order valence-electron chi connectivity index (χ4n) is 2.20. The van der Waals surface area contributed by atoms with E-state index in [4.69, 9.17) is 5.73 Å². The Morgan fingerprint density at radius 3 is 2.70 bits per heavy atom. The lowest BCUT2D eigenvalue weighted by atomic mass is 10.0. The van der Waals surface area contributed by atoms with Crippen LogP contribution in [0.1, 0.15) is 36.7 Å². The smallest absolute Gasteiger partial charge is 0.133 e. The second-order valence-electron chi connectivity index (χ2n) is 5.05. The minimum absolute atomic E-state index is 0.0617. The molecule has 0 saturated carbocycles. The highest BCUT2D eigenvalue weighted by molar-refractivity contribution is 5.78. The van der Waals surface area contributed by atoms with E-state index in [9.17, 15) is 4.79 Å². The summed E-state index contributed by atoms with van der Waals surface area (Å²) in [5.41, 5.74) is 7.18. The highest BCUT2D eigenvalue weighted by atomic mass is 16.1. The van der Waals surface area contributed by atoms with Crippen LogP contribution in [0.4, 0.5) is 0 Å². The molecule has 1 aromatic carbocycles. The average molecular weight is 271 g/mol. The molecule has 1 unspecified atom stereocenters. The number of imidazole rings is 1. The third-order valence-corrected chi connectivity index (χ3v) is 3.51. The SMILES string of the molecule is Cn1ccnc1CCC(=O)CCC(N)c1ccccc1. The Bertz CT molecular complexity index is 548. The van der Waals surface area contributed by atoms with Crippen molar-refractivity contribution in [1.29, 1.82) is 0 Å². The van der Waals surface area contributed by atoms with Gasteiger partial charge in [-0.2, -0.15) is 0 Å². The molecule has 0 saturated heterocycles. The maximum Gasteiger partial charge on any atom is 0.133 e. The molecule has 0 aliphatic carbocycles. The molecule has 4 heteroatoms. The van der Waals surface area contributed by atoms with E-state index in [1.807, 2.05) is 48.1 Å². The molecule has 0 aliphatic heterocycles. The minimum atomic E-state index is -0.0617. The Labute approximate surface area is 119 Å². The lowest BCUT2D eigenvalue weighted by Crippen LogP contribution is -2.13. The zero-order valence-electron chi connectivity index (χ0n) is 11.8. The van der Waals surface area contributed by atoms with Crippen LogP contribution in [-0.2, 0) is 18.3 Å². The molecule has 2 aromatic rings. The van der Waals surface area contributed by atoms with Crippen LogP contribution >= 0.6 is 0 Å². The van der Waals surface area contributed by atoms with Gasteiger partial charge in [-0.3, -0.25) is 4.79 Å². The van der Waals surface area contributed by atoms with Crippen molar-refractivity contribution in [2.75, 3.05) is 0 Å². The third-order valence-electron chi connectivity index (χ3n) is 3.51. The molecule has 0 amide bonds. The number of ketones is 1. The Hall–Kier alpha value is -1.94. The van der Waals surface area contributed by atoms with Gasteiger partial charge in [0.25, 0.3) is 0 Å². The van der Waals surface area contributed by atoms with Gasteiger partial charge >= 0.3 is 0 Å². The molecule has 0 radical (unpaired) electrons. The van der Waals surface area contributed by atoms with Crippen LogP contribution in [0.25, 0.3) is 0 Å². The molecule has 20 heavy (non-hydrogen) atoms. The molecule has 1 atom stereocenters. The maximum atomic E-state index is 11.9. The molecule has 106 valence electrons. The van der Waals surface area contributed by atoms with Crippen LogP contribution in [0, 0.1) is 0 Å². The number of Topliss-reactive ketones (excluding diaryl/α,β-unsaturated/α-hetero) is 1. The van der Waals surface area contributed by atoms with E-state index in [0.717, 1.165) is 11.4 Å².